The Morgan fingerprint density at radius 3 is 2.86 bits per heavy atom. The van der Waals surface area contributed by atoms with E-state index in [0.29, 0.717) is 6.04 Å². The van der Waals surface area contributed by atoms with E-state index in [1.807, 2.05) is 11.8 Å². The van der Waals surface area contributed by atoms with Crippen molar-refractivity contribution in [2.45, 2.75) is 55.5 Å². The van der Waals surface area contributed by atoms with E-state index in [0.717, 1.165) is 29.7 Å². The summed E-state index contributed by atoms with van der Waals surface area (Å²) in [5.74, 6) is 5.54. The highest BCUT2D eigenvalue weighted by Gasteiger charge is 2.53. The lowest BCUT2D eigenvalue weighted by molar-refractivity contribution is 0.196. The van der Waals surface area contributed by atoms with Gasteiger partial charge in [0.25, 0.3) is 0 Å². The summed E-state index contributed by atoms with van der Waals surface area (Å²) in [5, 5.41) is 4.10. The second-order valence-electron chi connectivity index (χ2n) is 7.65. The Labute approximate surface area is 132 Å². The average molecular weight is 299 g/mol. The maximum Gasteiger partial charge on any atom is 0.0341 e. The summed E-state index contributed by atoms with van der Waals surface area (Å²) in [5.41, 5.74) is 1.57. The maximum absolute atomic E-state index is 4.10. The summed E-state index contributed by atoms with van der Waals surface area (Å²) < 4.78 is 0. The van der Waals surface area contributed by atoms with Gasteiger partial charge in [0.15, 0.2) is 0 Å². The van der Waals surface area contributed by atoms with Gasteiger partial charge in [-0.05, 0) is 73.2 Å². The lowest BCUT2D eigenvalue weighted by atomic mass is 9.78. The van der Waals surface area contributed by atoms with Crippen molar-refractivity contribution in [3.8, 4) is 0 Å². The van der Waals surface area contributed by atoms with Gasteiger partial charge in [0.2, 0.25) is 0 Å². The van der Waals surface area contributed by atoms with E-state index in [1.54, 1.807) is 12.0 Å². The molecule has 4 aliphatic rings. The van der Waals surface area contributed by atoms with Crippen LogP contribution in [0.25, 0.3) is 0 Å². The van der Waals surface area contributed by atoms with Gasteiger partial charge in [-0.15, -0.1) is 11.8 Å². The lowest BCUT2D eigenvalue weighted by Gasteiger charge is -2.36. The molecule has 1 N–H and O–H groups in total. The number of hydrogen-bond acceptors (Lipinski definition) is 2. The Morgan fingerprint density at radius 1 is 0.952 bits per heavy atom. The molecular weight excluding hydrogens is 274 g/mol. The number of benzene rings is 1. The lowest BCUT2D eigenvalue weighted by Crippen LogP contribution is -2.42. The highest BCUT2D eigenvalue weighted by atomic mass is 32.2. The van der Waals surface area contributed by atoms with Crippen molar-refractivity contribution in [3.05, 3.63) is 29.8 Å². The molecule has 0 aromatic heterocycles. The molecule has 1 aromatic rings. The molecule has 6 atom stereocenters. The molecule has 0 amide bonds. The molecule has 3 aliphatic carbocycles. The van der Waals surface area contributed by atoms with Gasteiger partial charge in [-0.25, -0.2) is 0 Å². The molecule has 1 aliphatic heterocycles. The van der Waals surface area contributed by atoms with Gasteiger partial charge in [0.1, 0.15) is 0 Å². The average Bonchev–Trinajstić information content (AvgIpc) is 3.20. The van der Waals surface area contributed by atoms with Crippen molar-refractivity contribution in [2.24, 2.45) is 23.7 Å². The molecule has 2 bridgehead atoms. The normalized spacial score (nSPS) is 43.8. The van der Waals surface area contributed by atoms with E-state index in [2.05, 4.69) is 29.6 Å². The van der Waals surface area contributed by atoms with Crippen molar-refractivity contribution < 1.29 is 0 Å². The molecule has 112 valence electrons. The Balaban J connectivity index is 1.35. The minimum atomic E-state index is 0.617. The van der Waals surface area contributed by atoms with Crippen molar-refractivity contribution >= 4 is 11.8 Å². The second kappa shape index (κ2) is 5.03. The van der Waals surface area contributed by atoms with Gasteiger partial charge in [0.05, 0.1) is 0 Å². The number of thioether (sulfide) groups is 1. The molecule has 3 saturated carbocycles. The van der Waals surface area contributed by atoms with E-state index < -0.39 is 0 Å². The molecule has 1 nitrogen and oxygen atoms in total. The fourth-order valence-corrected chi connectivity index (χ4v) is 7.16. The van der Waals surface area contributed by atoms with Crippen LogP contribution in [-0.4, -0.2) is 11.8 Å². The molecule has 0 unspecified atom stereocenters. The van der Waals surface area contributed by atoms with Crippen LogP contribution in [0.1, 0.15) is 50.1 Å². The monoisotopic (exact) mass is 299 g/mol. The third-order valence-corrected chi connectivity index (χ3v) is 7.93. The minimum Gasteiger partial charge on any atom is -0.307 e. The van der Waals surface area contributed by atoms with Crippen LogP contribution >= 0.6 is 11.8 Å². The Kier molecular flexibility index (Phi) is 3.11. The zero-order valence-electron chi connectivity index (χ0n) is 12.6. The molecule has 0 saturated heterocycles. The summed E-state index contributed by atoms with van der Waals surface area (Å²) in [7, 11) is 0. The van der Waals surface area contributed by atoms with Crippen LogP contribution in [0.2, 0.25) is 0 Å². The number of hydrogen-bond donors (Lipinski definition) is 1. The van der Waals surface area contributed by atoms with Gasteiger partial charge in [-0.1, -0.05) is 24.6 Å². The summed E-state index contributed by atoms with van der Waals surface area (Å²) in [6.45, 7) is 0. The first-order valence-corrected chi connectivity index (χ1v) is 9.86. The molecule has 0 radical (unpaired) electrons. The highest BCUT2D eigenvalue weighted by Crippen LogP contribution is 2.59. The predicted octanol–water partition coefficient (Wildman–Crippen LogP) is 4.64. The fraction of sp³-hybridized carbons (Fsp3) is 0.684. The van der Waals surface area contributed by atoms with Gasteiger partial charge in [-0.2, -0.15) is 0 Å². The van der Waals surface area contributed by atoms with Crippen LogP contribution in [0, 0.1) is 23.7 Å². The minimum absolute atomic E-state index is 0.617. The Bertz CT molecular complexity index is 542. The first kappa shape index (κ1) is 13.0. The molecule has 2 heteroatoms. The SMILES string of the molecule is c1ccc2c(c1)SCC[C@@H]2N[C@@H]1C[C@H]2C[C@H]1[C@@H]1CCC[C@H]21. The van der Waals surface area contributed by atoms with E-state index in [9.17, 15) is 0 Å². The van der Waals surface area contributed by atoms with Crippen molar-refractivity contribution in [3.63, 3.8) is 0 Å². The second-order valence-corrected chi connectivity index (χ2v) is 8.79. The first-order valence-electron chi connectivity index (χ1n) is 8.88. The van der Waals surface area contributed by atoms with Crippen LogP contribution in [0.15, 0.2) is 29.2 Å². The van der Waals surface area contributed by atoms with E-state index in [1.165, 1.54) is 42.8 Å². The Hall–Kier alpha value is -0.470. The van der Waals surface area contributed by atoms with E-state index in [-0.39, 0.29) is 0 Å². The zero-order chi connectivity index (χ0) is 13.8. The standard InChI is InChI=1S/C19H25NS/c1-2-7-19-15(4-1)17(8-9-21-19)20-18-11-12-10-16(18)14-6-3-5-13(12)14/h1-2,4,7,12-14,16-18,20H,3,5-6,8-11H2/t12-,13-,14-,16+,17+,18-/m1/s1. The van der Waals surface area contributed by atoms with Crippen LogP contribution < -0.4 is 5.32 Å². The van der Waals surface area contributed by atoms with Gasteiger partial charge in [0, 0.05) is 17.0 Å². The van der Waals surface area contributed by atoms with Gasteiger partial charge < -0.3 is 5.32 Å². The number of rotatable bonds is 2. The van der Waals surface area contributed by atoms with Crippen LogP contribution in [0.4, 0.5) is 0 Å². The molecular formula is C19H25NS. The fourth-order valence-electron chi connectivity index (χ4n) is 6.03. The molecule has 0 spiro atoms. The first-order chi connectivity index (χ1) is 10.4. The van der Waals surface area contributed by atoms with Crippen LogP contribution in [0.3, 0.4) is 0 Å². The summed E-state index contributed by atoms with van der Waals surface area (Å²) >= 11 is 2.04. The van der Waals surface area contributed by atoms with Crippen molar-refractivity contribution in [1.29, 1.82) is 0 Å². The van der Waals surface area contributed by atoms with Crippen molar-refractivity contribution in [2.75, 3.05) is 5.75 Å². The smallest absolute Gasteiger partial charge is 0.0341 e. The largest absolute Gasteiger partial charge is 0.307 e. The van der Waals surface area contributed by atoms with Crippen molar-refractivity contribution in [1.82, 2.24) is 5.32 Å². The third kappa shape index (κ3) is 2.02. The molecule has 21 heavy (non-hydrogen) atoms. The molecule has 1 aromatic carbocycles. The topological polar surface area (TPSA) is 12.0 Å². The molecule has 3 fully saturated rings. The Morgan fingerprint density at radius 2 is 1.86 bits per heavy atom. The highest BCUT2D eigenvalue weighted by molar-refractivity contribution is 7.99. The zero-order valence-corrected chi connectivity index (χ0v) is 13.4. The number of fused-ring (bicyclic) bond motifs is 6. The summed E-state index contributed by atoms with van der Waals surface area (Å²) in [6.07, 6.45) is 8.90. The predicted molar refractivity (Wildman–Crippen MR) is 88.5 cm³/mol. The molecule has 1 heterocycles. The van der Waals surface area contributed by atoms with Crippen LogP contribution in [-0.2, 0) is 0 Å². The quantitative estimate of drug-likeness (QED) is 0.854. The van der Waals surface area contributed by atoms with Gasteiger partial charge >= 0.3 is 0 Å². The van der Waals surface area contributed by atoms with E-state index in [4.69, 9.17) is 0 Å². The molecule has 5 rings (SSSR count). The summed E-state index contributed by atoms with van der Waals surface area (Å²) in [4.78, 5) is 1.52. The van der Waals surface area contributed by atoms with E-state index >= 15 is 0 Å². The van der Waals surface area contributed by atoms with Gasteiger partial charge in [-0.3, -0.25) is 0 Å². The summed E-state index contributed by atoms with van der Waals surface area (Å²) in [6, 6.07) is 10.5. The third-order valence-electron chi connectivity index (χ3n) is 6.80. The number of nitrogens with one attached hydrogen (secondary N) is 1. The van der Waals surface area contributed by atoms with Crippen LogP contribution in [0.5, 0.6) is 0 Å². The maximum atomic E-state index is 4.10.